The van der Waals surface area contributed by atoms with Crippen molar-refractivity contribution >= 4 is 11.7 Å². The Hall–Kier alpha value is -2.06. The van der Waals surface area contributed by atoms with Crippen LogP contribution >= 0.6 is 0 Å². The summed E-state index contributed by atoms with van der Waals surface area (Å²) >= 11 is 0. The van der Waals surface area contributed by atoms with Crippen molar-refractivity contribution in [2.75, 3.05) is 32.1 Å². The van der Waals surface area contributed by atoms with Crippen molar-refractivity contribution in [3.63, 3.8) is 0 Å². The van der Waals surface area contributed by atoms with Crippen molar-refractivity contribution in [2.24, 2.45) is 0 Å². The number of likely N-dealkylation sites (N-methyl/N-ethyl adjacent to an activating group) is 2. The molecule has 1 aromatic rings. The summed E-state index contributed by atoms with van der Waals surface area (Å²) in [5.41, 5.74) is 1.22. The minimum absolute atomic E-state index is 0.0575. The van der Waals surface area contributed by atoms with Crippen LogP contribution in [-0.2, 0) is 0 Å². The van der Waals surface area contributed by atoms with Gasteiger partial charge < -0.3 is 10.2 Å². The maximum atomic E-state index is 12.2. The van der Waals surface area contributed by atoms with Gasteiger partial charge in [0.1, 0.15) is 6.07 Å². The van der Waals surface area contributed by atoms with Gasteiger partial charge in [0.15, 0.2) is 0 Å². The number of amides is 2. The first-order valence-corrected chi connectivity index (χ1v) is 5.87. The molecule has 1 saturated heterocycles. The Morgan fingerprint density at radius 3 is 2.89 bits per heavy atom. The summed E-state index contributed by atoms with van der Waals surface area (Å²) in [5, 5.41) is 12.2. The molecule has 1 atom stereocenters. The van der Waals surface area contributed by atoms with Crippen molar-refractivity contribution in [3.05, 3.63) is 29.8 Å². The van der Waals surface area contributed by atoms with Gasteiger partial charge in [0, 0.05) is 20.1 Å². The molecule has 1 fully saturated rings. The average Bonchev–Trinajstić information content (AvgIpc) is 2.67. The van der Waals surface area contributed by atoms with Gasteiger partial charge in [-0.1, -0.05) is 12.1 Å². The van der Waals surface area contributed by atoms with Crippen LogP contribution in [0.3, 0.4) is 0 Å². The second-order valence-electron chi connectivity index (χ2n) is 4.34. The maximum Gasteiger partial charge on any atom is 0.324 e. The predicted molar refractivity (Wildman–Crippen MR) is 69.4 cm³/mol. The second kappa shape index (κ2) is 5.07. The van der Waals surface area contributed by atoms with Crippen molar-refractivity contribution in [1.82, 2.24) is 10.2 Å². The molecule has 0 aromatic heterocycles. The molecule has 0 bridgehead atoms. The molecule has 0 aliphatic carbocycles. The number of carbonyl (C=O) groups is 1. The van der Waals surface area contributed by atoms with Crippen LogP contribution in [0.15, 0.2) is 24.3 Å². The molecule has 1 aliphatic rings. The summed E-state index contributed by atoms with van der Waals surface area (Å²) in [7, 11) is 3.66. The van der Waals surface area contributed by atoms with Crippen molar-refractivity contribution in [1.29, 1.82) is 5.26 Å². The SMILES string of the molecule is CNCC1CN(c2ccccc2C#N)C(=O)N1C. The molecular formula is C13H16N4O. The molecule has 5 heteroatoms. The molecule has 0 saturated carbocycles. The molecule has 1 heterocycles. The topological polar surface area (TPSA) is 59.4 Å². The Labute approximate surface area is 107 Å². The van der Waals surface area contributed by atoms with Crippen LogP contribution in [0.25, 0.3) is 0 Å². The maximum absolute atomic E-state index is 12.2. The summed E-state index contributed by atoms with van der Waals surface area (Å²) < 4.78 is 0. The predicted octanol–water partition coefficient (Wildman–Crippen LogP) is 1.02. The third kappa shape index (κ3) is 2.03. The number of benzene rings is 1. The van der Waals surface area contributed by atoms with E-state index in [1.807, 2.05) is 19.2 Å². The van der Waals surface area contributed by atoms with Gasteiger partial charge in [0.25, 0.3) is 0 Å². The van der Waals surface area contributed by atoms with Crippen molar-refractivity contribution < 1.29 is 4.79 Å². The Kier molecular flexibility index (Phi) is 3.49. The molecule has 2 amide bonds. The Balaban J connectivity index is 2.30. The highest BCUT2D eigenvalue weighted by Gasteiger charge is 2.35. The van der Waals surface area contributed by atoms with Gasteiger partial charge in [-0.25, -0.2) is 4.79 Å². The van der Waals surface area contributed by atoms with Gasteiger partial charge in [0.05, 0.1) is 17.3 Å². The van der Waals surface area contributed by atoms with E-state index < -0.39 is 0 Å². The molecule has 94 valence electrons. The first-order valence-electron chi connectivity index (χ1n) is 5.87. The van der Waals surface area contributed by atoms with E-state index in [0.29, 0.717) is 17.8 Å². The largest absolute Gasteiger partial charge is 0.324 e. The lowest BCUT2D eigenvalue weighted by Gasteiger charge is -2.17. The van der Waals surface area contributed by atoms with Gasteiger partial charge in [-0.2, -0.15) is 5.26 Å². The van der Waals surface area contributed by atoms with E-state index in [1.165, 1.54) is 0 Å². The number of rotatable bonds is 3. The van der Waals surface area contributed by atoms with E-state index in [-0.39, 0.29) is 12.1 Å². The number of para-hydroxylation sites is 1. The Bertz CT molecular complexity index is 494. The van der Waals surface area contributed by atoms with Crippen LogP contribution in [0.4, 0.5) is 10.5 Å². The first-order chi connectivity index (χ1) is 8.69. The second-order valence-corrected chi connectivity index (χ2v) is 4.34. The fourth-order valence-electron chi connectivity index (χ4n) is 2.20. The zero-order valence-corrected chi connectivity index (χ0v) is 10.6. The molecule has 1 aromatic carbocycles. The number of anilines is 1. The minimum atomic E-state index is -0.0575. The standard InChI is InChI=1S/C13H16N4O/c1-15-8-11-9-17(13(18)16(11)2)12-6-4-3-5-10(12)7-14/h3-6,11,15H,8-9H2,1-2H3. The lowest BCUT2D eigenvalue weighted by Crippen LogP contribution is -2.37. The highest BCUT2D eigenvalue weighted by atomic mass is 16.2. The third-order valence-electron chi connectivity index (χ3n) is 3.23. The van der Waals surface area contributed by atoms with E-state index in [2.05, 4.69) is 11.4 Å². The fourth-order valence-corrected chi connectivity index (χ4v) is 2.20. The van der Waals surface area contributed by atoms with Crippen LogP contribution in [0.5, 0.6) is 0 Å². The molecule has 2 rings (SSSR count). The normalized spacial score (nSPS) is 19.2. The first kappa shape index (κ1) is 12.4. The number of carbonyl (C=O) groups excluding carboxylic acids is 1. The summed E-state index contributed by atoms with van der Waals surface area (Å²) in [5.74, 6) is 0. The quantitative estimate of drug-likeness (QED) is 0.863. The highest BCUT2D eigenvalue weighted by Crippen LogP contribution is 2.25. The van der Waals surface area contributed by atoms with Gasteiger partial charge in [-0.3, -0.25) is 4.90 Å². The van der Waals surface area contributed by atoms with Crippen LogP contribution < -0.4 is 10.2 Å². The van der Waals surface area contributed by atoms with Crippen LogP contribution in [0.2, 0.25) is 0 Å². The van der Waals surface area contributed by atoms with Crippen LogP contribution in [-0.4, -0.2) is 44.2 Å². The van der Waals surface area contributed by atoms with Crippen LogP contribution in [0.1, 0.15) is 5.56 Å². The molecule has 1 N–H and O–H groups in total. The molecular weight excluding hydrogens is 228 g/mol. The molecule has 18 heavy (non-hydrogen) atoms. The van der Waals surface area contributed by atoms with Crippen LogP contribution in [0, 0.1) is 11.3 Å². The van der Waals surface area contributed by atoms with E-state index in [9.17, 15) is 4.79 Å². The van der Waals surface area contributed by atoms with Gasteiger partial charge in [-0.15, -0.1) is 0 Å². The van der Waals surface area contributed by atoms with Crippen molar-refractivity contribution in [3.8, 4) is 6.07 Å². The zero-order chi connectivity index (χ0) is 13.1. The molecule has 1 unspecified atom stereocenters. The van der Waals surface area contributed by atoms with Gasteiger partial charge in [-0.05, 0) is 19.2 Å². The minimum Gasteiger partial charge on any atom is -0.321 e. The molecule has 5 nitrogen and oxygen atoms in total. The summed E-state index contributed by atoms with van der Waals surface area (Å²) in [6.45, 7) is 1.35. The van der Waals surface area contributed by atoms with E-state index >= 15 is 0 Å². The number of nitrogens with zero attached hydrogens (tertiary/aromatic N) is 3. The Morgan fingerprint density at radius 2 is 2.22 bits per heavy atom. The number of hydrogen-bond acceptors (Lipinski definition) is 3. The van der Waals surface area contributed by atoms with Gasteiger partial charge in [0.2, 0.25) is 0 Å². The number of nitrogens with one attached hydrogen (secondary N) is 1. The highest BCUT2D eigenvalue weighted by molar-refractivity contribution is 5.95. The molecule has 0 radical (unpaired) electrons. The van der Waals surface area contributed by atoms with Crippen molar-refractivity contribution in [2.45, 2.75) is 6.04 Å². The summed E-state index contributed by atoms with van der Waals surface area (Å²) in [4.78, 5) is 15.6. The molecule has 0 spiro atoms. The van der Waals surface area contributed by atoms with E-state index in [1.54, 1.807) is 29.0 Å². The fraction of sp³-hybridized carbons (Fsp3) is 0.385. The van der Waals surface area contributed by atoms with Gasteiger partial charge >= 0.3 is 6.03 Å². The summed E-state index contributed by atoms with van der Waals surface area (Å²) in [6.07, 6.45) is 0. The number of urea groups is 1. The number of nitriles is 1. The lowest BCUT2D eigenvalue weighted by molar-refractivity contribution is 0.218. The lowest BCUT2D eigenvalue weighted by atomic mass is 10.2. The zero-order valence-electron chi connectivity index (χ0n) is 10.6. The van der Waals surface area contributed by atoms with E-state index in [0.717, 1.165) is 6.54 Å². The monoisotopic (exact) mass is 244 g/mol. The Morgan fingerprint density at radius 1 is 1.50 bits per heavy atom. The smallest absolute Gasteiger partial charge is 0.321 e. The summed E-state index contributed by atoms with van der Waals surface area (Å²) in [6, 6.07) is 9.39. The average molecular weight is 244 g/mol. The van der Waals surface area contributed by atoms with E-state index in [4.69, 9.17) is 5.26 Å². The third-order valence-corrected chi connectivity index (χ3v) is 3.23. The molecule has 1 aliphatic heterocycles. The number of hydrogen-bond donors (Lipinski definition) is 1.